The second-order valence-corrected chi connectivity index (χ2v) is 8.44. The zero-order valence-electron chi connectivity index (χ0n) is 16.2. The molecule has 0 aromatic carbocycles. The topological polar surface area (TPSA) is 140 Å². The first-order chi connectivity index (χ1) is 12.4. The van der Waals surface area contributed by atoms with Gasteiger partial charge in [0.05, 0.1) is 24.4 Å². The molecule has 6 N–H and O–H groups in total. The summed E-state index contributed by atoms with van der Waals surface area (Å²) in [6, 6.07) is 0. The van der Waals surface area contributed by atoms with Crippen molar-refractivity contribution in [3.63, 3.8) is 0 Å². The van der Waals surface area contributed by atoms with E-state index in [2.05, 4.69) is 5.73 Å². The quantitative estimate of drug-likeness (QED) is 0.344. The molecule has 1 saturated carbocycles. The lowest BCUT2D eigenvalue weighted by atomic mass is 9.65. The van der Waals surface area contributed by atoms with Crippen molar-refractivity contribution >= 4 is 0 Å². The summed E-state index contributed by atoms with van der Waals surface area (Å²) in [6.07, 6.45) is -5.60. The standard InChI is InChI=1S/C19H32O8/c1-10(26-17-16(24)15(23)14(22)12(9-20)27-17)5-6-13-18(2,3)7-11(21)8-19(13,4)25/h5,10-12,14-17,20-25H,7-9H2,1-4H3/t6?,10-,11-,12+,14+,15-,16+,17+,19+/m0/s1. The van der Waals surface area contributed by atoms with Gasteiger partial charge in [-0.2, -0.15) is 0 Å². The Hall–Kier alpha value is -0.800. The molecular weight excluding hydrogens is 356 g/mol. The number of rotatable bonds is 4. The highest BCUT2D eigenvalue weighted by Gasteiger charge is 2.45. The molecule has 2 fully saturated rings. The number of aliphatic hydroxyl groups is 6. The van der Waals surface area contributed by atoms with E-state index in [4.69, 9.17) is 9.47 Å². The maximum Gasteiger partial charge on any atom is 0.187 e. The van der Waals surface area contributed by atoms with Crippen LogP contribution in [0.15, 0.2) is 17.4 Å². The molecule has 0 spiro atoms. The monoisotopic (exact) mass is 388 g/mol. The van der Waals surface area contributed by atoms with Gasteiger partial charge < -0.3 is 40.1 Å². The van der Waals surface area contributed by atoms with Crippen LogP contribution in [0.25, 0.3) is 0 Å². The van der Waals surface area contributed by atoms with E-state index in [9.17, 15) is 30.6 Å². The molecule has 0 unspecified atom stereocenters. The van der Waals surface area contributed by atoms with E-state index >= 15 is 0 Å². The number of ether oxygens (including phenoxy) is 2. The summed E-state index contributed by atoms with van der Waals surface area (Å²) in [7, 11) is 0. The fraction of sp³-hybridized carbons (Fsp3) is 0.842. The lowest BCUT2D eigenvalue weighted by Gasteiger charge is -2.43. The van der Waals surface area contributed by atoms with Crippen molar-refractivity contribution in [1.29, 1.82) is 0 Å². The van der Waals surface area contributed by atoms with Crippen molar-refractivity contribution in [2.75, 3.05) is 6.61 Å². The lowest BCUT2D eigenvalue weighted by molar-refractivity contribution is -0.306. The average Bonchev–Trinajstić information content (AvgIpc) is 2.52. The van der Waals surface area contributed by atoms with Crippen LogP contribution in [0.1, 0.15) is 40.5 Å². The second-order valence-electron chi connectivity index (χ2n) is 8.44. The molecule has 1 aliphatic heterocycles. The largest absolute Gasteiger partial charge is 0.394 e. The molecule has 27 heavy (non-hydrogen) atoms. The Kier molecular flexibility index (Phi) is 6.90. The molecule has 0 aromatic heterocycles. The summed E-state index contributed by atoms with van der Waals surface area (Å²) in [5.41, 5.74) is 2.06. The van der Waals surface area contributed by atoms with Gasteiger partial charge in [-0.15, -0.1) is 5.73 Å². The lowest BCUT2D eigenvalue weighted by Crippen LogP contribution is -2.59. The first-order valence-corrected chi connectivity index (χ1v) is 9.23. The van der Waals surface area contributed by atoms with Crippen LogP contribution in [0.2, 0.25) is 0 Å². The fourth-order valence-corrected chi connectivity index (χ4v) is 4.04. The van der Waals surface area contributed by atoms with Crippen LogP contribution in [-0.2, 0) is 9.47 Å². The average molecular weight is 388 g/mol. The molecule has 2 rings (SSSR count). The highest BCUT2D eigenvalue weighted by molar-refractivity contribution is 5.26. The van der Waals surface area contributed by atoms with Gasteiger partial charge in [-0.3, -0.25) is 0 Å². The van der Waals surface area contributed by atoms with Crippen LogP contribution in [0.3, 0.4) is 0 Å². The molecule has 8 atom stereocenters. The van der Waals surface area contributed by atoms with Gasteiger partial charge in [0.25, 0.3) is 0 Å². The van der Waals surface area contributed by atoms with Gasteiger partial charge in [-0.25, -0.2) is 0 Å². The van der Waals surface area contributed by atoms with Crippen molar-refractivity contribution < 1.29 is 40.1 Å². The molecule has 0 bridgehead atoms. The van der Waals surface area contributed by atoms with Crippen LogP contribution in [0.5, 0.6) is 0 Å². The Morgan fingerprint density at radius 3 is 2.33 bits per heavy atom. The molecule has 156 valence electrons. The Labute approximate surface area is 159 Å². The van der Waals surface area contributed by atoms with Crippen LogP contribution in [0.4, 0.5) is 0 Å². The third-order valence-electron chi connectivity index (χ3n) is 5.25. The predicted molar refractivity (Wildman–Crippen MR) is 95.6 cm³/mol. The van der Waals surface area contributed by atoms with Gasteiger partial charge >= 0.3 is 0 Å². The van der Waals surface area contributed by atoms with Crippen LogP contribution in [-0.4, -0.2) is 85.8 Å². The maximum absolute atomic E-state index is 10.7. The summed E-state index contributed by atoms with van der Waals surface area (Å²) in [5, 5.41) is 59.5. The van der Waals surface area contributed by atoms with Crippen molar-refractivity contribution in [3.05, 3.63) is 17.4 Å². The minimum atomic E-state index is -1.50. The minimum Gasteiger partial charge on any atom is -0.394 e. The molecule has 2 aliphatic rings. The molecule has 8 nitrogen and oxygen atoms in total. The van der Waals surface area contributed by atoms with Crippen molar-refractivity contribution in [1.82, 2.24) is 0 Å². The number of hydrogen-bond donors (Lipinski definition) is 6. The van der Waals surface area contributed by atoms with E-state index in [0.29, 0.717) is 12.0 Å². The van der Waals surface area contributed by atoms with Crippen LogP contribution < -0.4 is 0 Å². The Balaban J connectivity index is 2.16. The molecule has 0 radical (unpaired) electrons. The Morgan fingerprint density at radius 2 is 1.78 bits per heavy atom. The van der Waals surface area contributed by atoms with Gasteiger partial charge in [0, 0.05) is 12.0 Å². The number of hydrogen-bond acceptors (Lipinski definition) is 8. The van der Waals surface area contributed by atoms with E-state index in [1.165, 1.54) is 0 Å². The summed E-state index contributed by atoms with van der Waals surface area (Å²) in [5.74, 6) is 0. The summed E-state index contributed by atoms with van der Waals surface area (Å²) < 4.78 is 10.9. The Morgan fingerprint density at radius 1 is 1.15 bits per heavy atom. The third-order valence-corrected chi connectivity index (χ3v) is 5.25. The third kappa shape index (κ3) is 4.98. The summed E-state index contributed by atoms with van der Waals surface area (Å²) >= 11 is 0. The van der Waals surface area contributed by atoms with Crippen molar-refractivity contribution in [3.8, 4) is 0 Å². The molecule has 1 saturated heterocycles. The maximum atomic E-state index is 10.7. The SMILES string of the molecule is C[C@@H](C=C=C1C(C)(C)C[C@H](O)C[C@@]1(C)O)O[C@@H]1O[C@H](CO)[C@@H](O)[C@H](O)[C@H]1O. The molecule has 0 amide bonds. The van der Waals surface area contributed by atoms with Crippen molar-refractivity contribution in [2.24, 2.45) is 5.41 Å². The highest BCUT2D eigenvalue weighted by Crippen LogP contribution is 2.45. The normalized spacial score (nSPS) is 43.1. The highest BCUT2D eigenvalue weighted by atomic mass is 16.7. The number of aliphatic hydroxyl groups excluding tert-OH is 5. The van der Waals surface area contributed by atoms with E-state index in [1.54, 1.807) is 19.9 Å². The molecule has 1 aliphatic carbocycles. The van der Waals surface area contributed by atoms with Gasteiger partial charge in [-0.1, -0.05) is 13.8 Å². The second kappa shape index (κ2) is 8.29. The molecule has 8 heteroatoms. The van der Waals surface area contributed by atoms with E-state index in [-0.39, 0.29) is 6.42 Å². The first kappa shape index (κ1) is 22.5. The van der Waals surface area contributed by atoms with Gasteiger partial charge in [-0.05, 0) is 31.8 Å². The van der Waals surface area contributed by atoms with Crippen LogP contribution in [0, 0.1) is 5.41 Å². The van der Waals surface area contributed by atoms with Crippen molar-refractivity contribution in [2.45, 2.75) is 89.1 Å². The zero-order chi connectivity index (χ0) is 20.6. The van der Waals surface area contributed by atoms with E-state index in [1.807, 2.05) is 13.8 Å². The van der Waals surface area contributed by atoms with E-state index in [0.717, 1.165) is 0 Å². The minimum absolute atomic E-state index is 0.217. The van der Waals surface area contributed by atoms with Gasteiger partial charge in [0.1, 0.15) is 24.4 Å². The summed E-state index contributed by atoms with van der Waals surface area (Å²) in [6.45, 7) is 6.62. The first-order valence-electron chi connectivity index (χ1n) is 9.23. The Bertz CT molecular complexity index is 558. The molecule has 1 heterocycles. The fourth-order valence-electron chi connectivity index (χ4n) is 4.04. The van der Waals surface area contributed by atoms with Crippen LogP contribution >= 0.6 is 0 Å². The smallest absolute Gasteiger partial charge is 0.187 e. The molecule has 0 aromatic rings. The van der Waals surface area contributed by atoms with Gasteiger partial charge in [0.15, 0.2) is 6.29 Å². The van der Waals surface area contributed by atoms with E-state index < -0.39 is 60.5 Å². The summed E-state index contributed by atoms with van der Waals surface area (Å²) in [4.78, 5) is 0. The zero-order valence-corrected chi connectivity index (χ0v) is 16.2. The van der Waals surface area contributed by atoms with Gasteiger partial charge in [0.2, 0.25) is 0 Å². The molecular formula is C19H32O8. The predicted octanol–water partition coefficient (Wildman–Crippen LogP) is -0.795.